The van der Waals surface area contributed by atoms with Crippen LogP contribution in [0.1, 0.15) is 5.56 Å². The summed E-state index contributed by atoms with van der Waals surface area (Å²) < 4.78 is 5.34. The fraction of sp³-hybridized carbons (Fsp3) is 0.0625. The molecule has 0 fully saturated rings. The van der Waals surface area contributed by atoms with Gasteiger partial charge in [-0.1, -0.05) is 40.5 Å². The van der Waals surface area contributed by atoms with Gasteiger partial charge in [-0.15, -0.1) is 0 Å². The number of nitro groups is 1. The Morgan fingerprint density at radius 3 is 2.50 bits per heavy atom. The Morgan fingerprint density at radius 1 is 1.17 bits per heavy atom. The molecule has 0 unspecified atom stereocenters. The van der Waals surface area contributed by atoms with Crippen LogP contribution in [-0.2, 0) is 6.61 Å². The molecule has 0 aliphatic heterocycles. The van der Waals surface area contributed by atoms with Gasteiger partial charge in [-0.2, -0.15) is 0 Å². The Kier molecular flexibility index (Phi) is 4.53. The van der Waals surface area contributed by atoms with Crippen molar-refractivity contribution < 1.29 is 14.6 Å². The quantitative estimate of drug-likeness (QED) is 0.534. The van der Waals surface area contributed by atoms with Crippen LogP contribution in [0.5, 0.6) is 0 Å². The average molecular weight is 365 g/mol. The third kappa shape index (κ3) is 2.87. The smallest absolute Gasteiger partial charge is 0.269 e. The lowest BCUT2D eigenvalue weighted by atomic mass is 10.0. The molecule has 0 radical (unpaired) electrons. The van der Waals surface area contributed by atoms with Crippen LogP contribution < -0.4 is 0 Å². The van der Waals surface area contributed by atoms with Crippen molar-refractivity contribution in [2.45, 2.75) is 6.61 Å². The summed E-state index contributed by atoms with van der Waals surface area (Å²) in [6, 6.07) is 10.8. The van der Waals surface area contributed by atoms with Crippen LogP contribution in [0.2, 0.25) is 10.0 Å². The van der Waals surface area contributed by atoms with Gasteiger partial charge in [0.2, 0.25) is 0 Å². The number of nitrogens with zero attached hydrogens (tertiary/aromatic N) is 2. The van der Waals surface area contributed by atoms with Gasteiger partial charge in [0.1, 0.15) is 5.69 Å². The van der Waals surface area contributed by atoms with E-state index in [0.29, 0.717) is 38.2 Å². The summed E-state index contributed by atoms with van der Waals surface area (Å²) in [5.41, 5.74) is 1.85. The summed E-state index contributed by atoms with van der Waals surface area (Å²) in [5.74, 6) is 0.318. The van der Waals surface area contributed by atoms with Gasteiger partial charge in [-0.25, -0.2) is 0 Å². The molecular weight excluding hydrogens is 355 g/mol. The maximum absolute atomic E-state index is 10.7. The first-order valence-electron chi connectivity index (χ1n) is 6.81. The van der Waals surface area contributed by atoms with Crippen LogP contribution in [0, 0.1) is 10.1 Å². The number of halogens is 2. The highest BCUT2D eigenvalue weighted by Crippen LogP contribution is 2.38. The minimum Gasteiger partial charge on any atom is -0.391 e. The molecule has 0 spiro atoms. The maximum Gasteiger partial charge on any atom is 0.269 e. The summed E-state index contributed by atoms with van der Waals surface area (Å²) in [4.78, 5) is 10.2. The Morgan fingerprint density at radius 2 is 1.88 bits per heavy atom. The van der Waals surface area contributed by atoms with Gasteiger partial charge in [-0.3, -0.25) is 10.1 Å². The first-order chi connectivity index (χ1) is 11.5. The number of hydrogen-bond acceptors (Lipinski definition) is 5. The fourth-order valence-corrected chi connectivity index (χ4v) is 2.71. The number of nitro benzene ring substituents is 1. The summed E-state index contributed by atoms with van der Waals surface area (Å²) in [7, 11) is 0. The molecule has 0 aliphatic carbocycles. The highest BCUT2D eigenvalue weighted by molar-refractivity contribution is 6.43. The van der Waals surface area contributed by atoms with Gasteiger partial charge in [-0.05, 0) is 18.2 Å². The van der Waals surface area contributed by atoms with Crippen LogP contribution in [-0.4, -0.2) is 15.2 Å². The van der Waals surface area contributed by atoms with E-state index in [0.717, 1.165) is 0 Å². The van der Waals surface area contributed by atoms with Gasteiger partial charge in [0.05, 0.1) is 27.1 Å². The third-order valence-electron chi connectivity index (χ3n) is 3.49. The molecule has 0 bridgehead atoms. The van der Waals surface area contributed by atoms with E-state index >= 15 is 0 Å². The van der Waals surface area contributed by atoms with Crippen LogP contribution in [0.15, 0.2) is 47.0 Å². The molecule has 1 aromatic heterocycles. The fourth-order valence-electron chi connectivity index (χ4n) is 2.32. The van der Waals surface area contributed by atoms with Crippen molar-refractivity contribution in [3.8, 4) is 22.6 Å². The van der Waals surface area contributed by atoms with Gasteiger partial charge in [0.15, 0.2) is 5.76 Å². The van der Waals surface area contributed by atoms with E-state index in [4.69, 9.17) is 27.7 Å². The Balaban J connectivity index is 2.10. The molecule has 3 rings (SSSR count). The lowest BCUT2D eigenvalue weighted by molar-refractivity contribution is -0.384. The summed E-state index contributed by atoms with van der Waals surface area (Å²) >= 11 is 12.2. The zero-order chi connectivity index (χ0) is 17.3. The molecular formula is C16H10Cl2N2O4. The second-order valence-electron chi connectivity index (χ2n) is 4.90. The standard InChI is InChI=1S/C16H10Cl2N2O4/c17-13-3-1-2-11(14(13)18)15-12(8-21)16(24-19-15)9-4-6-10(7-5-9)20(22)23/h1-7,21H,8H2. The van der Waals surface area contributed by atoms with Crippen LogP contribution in [0.3, 0.4) is 0 Å². The number of aliphatic hydroxyl groups excluding tert-OH is 1. The van der Waals surface area contributed by atoms with Gasteiger partial charge in [0, 0.05) is 23.3 Å². The molecule has 0 saturated heterocycles. The van der Waals surface area contributed by atoms with Crippen molar-refractivity contribution in [3.63, 3.8) is 0 Å². The molecule has 6 nitrogen and oxygen atoms in total. The van der Waals surface area contributed by atoms with Gasteiger partial charge in [0.25, 0.3) is 5.69 Å². The molecule has 3 aromatic rings. The predicted molar refractivity (Wildman–Crippen MR) is 90.0 cm³/mol. The first-order valence-corrected chi connectivity index (χ1v) is 7.57. The van der Waals surface area contributed by atoms with Crippen molar-refractivity contribution in [3.05, 3.63) is 68.2 Å². The number of aromatic nitrogens is 1. The summed E-state index contributed by atoms with van der Waals surface area (Å²) in [6.07, 6.45) is 0. The zero-order valence-electron chi connectivity index (χ0n) is 12.1. The molecule has 122 valence electrons. The van der Waals surface area contributed by atoms with E-state index in [1.807, 2.05) is 0 Å². The number of hydrogen-bond donors (Lipinski definition) is 1. The number of benzene rings is 2. The van der Waals surface area contributed by atoms with E-state index in [1.165, 1.54) is 24.3 Å². The number of rotatable bonds is 4. The maximum atomic E-state index is 10.7. The highest BCUT2D eigenvalue weighted by atomic mass is 35.5. The van der Waals surface area contributed by atoms with E-state index < -0.39 is 4.92 Å². The molecule has 8 heteroatoms. The molecule has 1 heterocycles. The van der Waals surface area contributed by atoms with Crippen molar-refractivity contribution in [1.29, 1.82) is 0 Å². The Bertz CT molecular complexity index is 907. The predicted octanol–water partition coefficient (Wildman–Crippen LogP) is 4.72. The normalized spacial score (nSPS) is 10.8. The lowest BCUT2D eigenvalue weighted by Crippen LogP contribution is -1.91. The Hall–Kier alpha value is -2.41. The van der Waals surface area contributed by atoms with Crippen LogP contribution >= 0.6 is 23.2 Å². The molecule has 0 saturated carbocycles. The van der Waals surface area contributed by atoms with Crippen LogP contribution in [0.4, 0.5) is 5.69 Å². The second-order valence-corrected chi connectivity index (χ2v) is 5.69. The highest BCUT2D eigenvalue weighted by Gasteiger charge is 2.21. The molecule has 0 atom stereocenters. The van der Waals surface area contributed by atoms with E-state index in [2.05, 4.69) is 5.16 Å². The topological polar surface area (TPSA) is 89.4 Å². The van der Waals surface area contributed by atoms with Crippen molar-refractivity contribution >= 4 is 28.9 Å². The van der Waals surface area contributed by atoms with Crippen molar-refractivity contribution in [2.24, 2.45) is 0 Å². The molecule has 0 aliphatic rings. The van der Waals surface area contributed by atoms with E-state index in [9.17, 15) is 15.2 Å². The molecule has 24 heavy (non-hydrogen) atoms. The van der Waals surface area contributed by atoms with Gasteiger partial charge < -0.3 is 9.63 Å². The largest absolute Gasteiger partial charge is 0.391 e. The second kappa shape index (κ2) is 6.60. The number of non-ortho nitro benzene ring substituents is 1. The first kappa shape index (κ1) is 16.4. The third-order valence-corrected chi connectivity index (χ3v) is 4.31. The van der Waals surface area contributed by atoms with Crippen molar-refractivity contribution in [1.82, 2.24) is 5.16 Å². The minimum absolute atomic E-state index is 0.0399. The number of aliphatic hydroxyl groups is 1. The van der Waals surface area contributed by atoms with E-state index in [1.54, 1.807) is 18.2 Å². The summed E-state index contributed by atoms with van der Waals surface area (Å²) in [6.45, 7) is -0.339. The monoisotopic (exact) mass is 364 g/mol. The lowest BCUT2D eigenvalue weighted by Gasteiger charge is -2.04. The average Bonchev–Trinajstić information content (AvgIpc) is 3.01. The van der Waals surface area contributed by atoms with Crippen LogP contribution in [0.25, 0.3) is 22.6 Å². The van der Waals surface area contributed by atoms with Crippen molar-refractivity contribution in [2.75, 3.05) is 0 Å². The Labute approximate surface area is 146 Å². The van der Waals surface area contributed by atoms with E-state index in [-0.39, 0.29) is 12.3 Å². The SMILES string of the molecule is O=[N+]([O-])c1ccc(-c2onc(-c3cccc(Cl)c3Cl)c2CO)cc1. The zero-order valence-corrected chi connectivity index (χ0v) is 13.6. The summed E-state index contributed by atoms with van der Waals surface area (Å²) in [5, 5.41) is 25.1. The van der Waals surface area contributed by atoms with Gasteiger partial charge >= 0.3 is 0 Å². The molecule has 2 aromatic carbocycles. The minimum atomic E-state index is -0.492. The molecule has 1 N–H and O–H groups in total. The molecule has 0 amide bonds.